The Kier molecular flexibility index (Phi) is 8.15. The number of aromatic nitrogens is 1. The predicted molar refractivity (Wildman–Crippen MR) is 158 cm³/mol. The van der Waals surface area contributed by atoms with Crippen LogP contribution in [0.15, 0.2) is 80.1 Å². The third-order valence-corrected chi connectivity index (χ3v) is 7.72. The molecule has 0 radical (unpaired) electrons. The number of hydrogen-bond donors (Lipinski definition) is 0. The van der Waals surface area contributed by atoms with E-state index in [2.05, 4.69) is 4.99 Å². The minimum atomic E-state index is -0.767. The maximum Gasteiger partial charge on any atom is 0.338 e. The van der Waals surface area contributed by atoms with Gasteiger partial charge in [-0.2, -0.15) is 0 Å². The summed E-state index contributed by atoms with van der Waals surface area (Å²) in [6, 6.07) is 13.9. The van der Waals surface area contributed by atoms with Crippen LogP contribution in [0.5, 0.6) is 5.75 Å². The largest absolute Gasteiger partial charge is 0.494 e. The number of thiazole rings is 1. The summed E-state index contributed by atoms with van der Waals surface area (Å²) in [6.45, 7) is 7.64. The van der Waals surface area contributed by atoms with Crippen molar-refractivity contribution in [2.75, 3.05) is 6.61 Å². The van der Waals surface area contributed by atoms with E-state index in [4.69, 9.17) is 25.5 Å². The second-order valence-corrected chi connectivity index (χ2v) is 11.1. The summed E-state index contributed by atoms with van der Waals surface area (Å²) in [4.78, 5) is 42.7. The van der Waals surface area contributed by atoms with Crippen LogP contribution >= 0.6 is 22.9 Å². The van der Waals surface area contributed by atoms with Gasteiger partial charge in [0.15, 0.2) is 4.80 Å². The molecule has 216 valence electrons. The number of non-ortho nitro benzene ring substituents is 1. The summed E-state index contributed by atoms with van der Waals surface area (Å²) >= 11 is 7.44. The molecule has 2 aromatic heterocycles. The molecule has 0 saturated heterocycles. The van der Waals surface area contributed by atoms with Crippen LogP contribution in [0.25, 0.3) is 17.4 Å². The molecule has 0 fully saturated rings. The SMILES string of the molecule is CCOc1ccc([C@H]2C(C(=O)OC(C)C)=C(C)N=c3s/c(=C/c4ccc(-c5ccc([N+](=O)[O-])cc5Cl)o4)c(=O)n32)cc1. The molecule has 0 spiro atoms. The molecule has 1 aliphatic heterocycles. The zero-order chi connectivity index (χ0) is 30.1. The van der Waals surface area contributed by atoms with Gasteiger partial charge in [0.1, 0.15) is 17.3 Å². The minimum Gasteiger partial charge on any atom is -0.494 e. The van der Waals surface area contributed by atoms with Crippen LogP contribution in [0.1, 0.15) is 45.1 Å². The number of ether oxygens (including phenoxy) is 2. The molecule has 0 aliphatic carbocycles. The van der Waals surface area contributed by atoms with Gasteiger partial charge in [-0.1, -0.05) is 35.1 Å². The molecule has 5 rings (SSSR count). The topological polar surface area (TPSA) is 126 Å². The molecule has 12 heteroatoms. The first-order chi connectivity index (χ1) is 20.1. The second kappa shape index (κ2) is 11.8. The maximum absolute atomic E-state index is 13.9. The van der Waals surface area contributed by atoms with Crippen LogP contribution in [0.2, 0.25) is 5.02 Å². The van der Waals surface area contributed by atoms with Gasteiger partial charge in [-0.3, -0.25) is 19.5 Å². The number of nitrogens with zero attached hydrogens (tertiary/aromatic N) is 3. The lowest BCUT2D eigenvalue weighted by molar-refractivity contribution is -0.384. The molecule has 0 saturated carbocycles. The van der Waals surface area contributed by atoms with Crippen molar-refractivity contribution in [3.63, 3.8) is 0 Å². The standard InChI is InChI=1S/C30H26ClN3O7S/c1-5-39-20-9-6-18(7-10-20)27-26(29(36)40-16(2)3)17(4)32-30-33(27)28(35)25(42-30)15-21-11-13-24(41-21)22-12-8-19(34(37)38)14-23(22)31/h6-16,27H,5H2,1-4H3/b25-15+/t27-/m0/s1. The van der Waals surface area contributed by atoms with Gasteiger partial charge in [0.2, 0.25) is 0 Å². The number of esters is 1. The molecular weight excluding hydrogens is 582 g/mol. The smallest absolute Gasteiger partial charge is 0.338 e. The van der Waals surface area contributed by atoms with Crippen molar-refractivity contribution in [2.24, 2.45) is 4.99 Å². The lowest BCUT2D eigenvalue weighted by atomic mass is 9.96. The number of nitro benzene ring substituents is 1. The van der Waals surface area contributed by atoms with Crippen LogP contribution in [0.3, 0.4) is 0 Å². The van der Waals surface area contributed by atoms with E-state index in [0.29, 0.717) is 50.0 Å². The van der Waals surface area contributed by atoms with Crippen molar-refractivity contribution >= 4 is 40.7 Å². The van der Waals surface area contributed by atoms with E-state index in [1.54, 1.807) is 51.1 Å². The lowest BCUT2D eigenvalue weighted by Crippen LogP contribution is -2.40. The molecule has 2 aromatic carbocycles. The van der Waals surface area contributed by atoms with Crippen molar-refractivity contribution in [3.8, 4) is 17.1 Å². The van der Waals surface area contributed by atoms with E-state index in [1.807, 2.05) is 19.1 Å². The Balaban J connectivity index is 1.59. The van der Waals surface area contributed by atoms with Crippen LogP contribution in [-0.2, 0) is 9.53 Å². The highest BCUT2D eigenvalue weighted by atomic mass is 35.5. The first kappa shape index (κ1) is 29.0. The number of halogens is 1. The van der Waals surface area contributed by atoms with E-state index >= 15 is 0 Å². The quantitative estimate of drug-likeness (QED) is 0.149. The zero-order valence-electron chi connectivity index (χ0n) is 23.1. The van der Waals surface area contributed by atoms with Crippen LogP contribution in [0, 0.1) is 10.1 Å². The third kappa shape index (κ3) is 5.65. The molecule has 3 heterocycles. The first-order valence-electron chi connectivity index (χ1n) is 13.1. The Labute approximate surface area is 248 Å². The van der Waals surface area contributed by atoms with Crippen molar-refractivity contribution in [2.45, 2.75) is 39.8 Å². The second-order valence-electron chi connectivity index (χ2n) is 9.66. The minimum absolute atomic E-state index is 0.134. The van der Waals surface area contributed by atoms with E-state index in [-0.39, 0.29) is 27.9 Å². The number of carbonyl (C=O) groups excluding carboxylic acids is 1. The summed E-state index contributed by atoms with van der Waals surface area (Å²) in [6.07, 6.45) is 1.23. The number of hydrogen-bond acceptors (Lipinski definition) is 9. The molecule has 10 nitrogen and oxygen atoms in total. The summed E-state index contributed by atoms with van der Waals surface area (Å²) in [5, 5.41) is 11.2. The van der Waals surface area contributed by atoms with Gasteiger partial charge in [-0.15, -0.1) is 0 Å². The van der Waals surface area contributed by atoms with E-state index in [0.717, 1.165) is 0 Å². The summed E-state index contributed by atoms with van der Waals surface area (Å²) < 4.78 is 18.9. The number of furan rings is 1. The van der Waals surface area contributed by atoms with Crippen LogP contribution in [-0.4, -0.2) is 28.2 Å². The van der Waals surface area contributed by atoms with Gasteiger partial charge in [-0.25, -0.2) is 9.79 Å². The Morgan fingerprint density at radius 2 is 1.95 bits per heavy atom. The number of benzene rings is 2. The van der Waals surface area contributed by atoms with Crippen molar-refractivity contribution in [1.29, 1.82) is 0 Å². The Morgan fingerprint density at radius 1 is 1.21 bits per heavy atom. The highest BCUT2D eigenvalue weighted by molar-refractivity contribution is 7.07. The number of allylic oxidation sites excluding steroid dienone is 1. The summed E-state index contributed by atoms with van der Waals surface area (Å²) in [7, 11) is 0. The first-order valence-corrected chi connectivity index (χ1v) is 14.3. The highest BCUT2D eigenvalue weighted by Gasteiger charge is 2.34. The highest BCUT2D eigenvalue weighted by Crippen LogP contribution is 2.33. The summed E-state index contributed by atoms with van der Waals surface area (Å²) in [5.74, 6) is 0.880. The zero-order valence-corrected chi connectivity index (χ0v) is 24.7. The molecule has 0 unspecified atom stereocenters. The van der Waals surface area contributed by atoms with Gasteiger partial charge in [0, 0.05) is 23.8 Å². The van der Waals surface area contributed by atoms with Crippen LogP contribution < -0.4 is 19.6 Å². The van der Waals surface area contributed by atoms with E-state index < -0.39 is 16.9 Å². The average Bonchev–Trinajstić information content (AvgIpc) is 3.52. The van der Waals surface area contributed by atoms with Gasteiger partial charge >= 0.3 is 5.97 Å². The molecule has 1 aliphatic rings. The molecular formula is C30H26ClN3O7S. The molecule has 1 atom stereocenters. The van der Waals surface area contributed by atoms with Crippen molar-refractivity contribution in [3.05, 3.63) is 112 Å². The summed E-state index contributed by atoms with van der Waals surface area (Å²) in [5.41, 5.74) is 1.42. The monoisotopic (exact) mass is 607 g/mol. The van der Waals surface area contributed by atoms with Crippen molar-refractivity contribution in [1.82, 2.24) is 4.57 Å². The molecule has 4 aromatic rings. The molecule has 0 N–H and O–H groups in total. The number of rotatable bonds is 8. The number of nitro groups is 1. The van der Waals surface area contributed by atoms with Crippen molar-refractivity contribution < 1.29 is 23.6 Å². The van der Waals surface area contributed by atoms with E-state index in [1.165, 1.54) is 34.1 Å². The van der Waals surface area contributed by atoms with E-state index in [9.17, 15) is 19.7 Å². The lowest BCUT2D eigenvalue weighted by Gasteiger charge is -2.25. The van der Waals surface area contributed by atoms with Gasteiger partial charge in [0.05, 0.1) is 44.5 Å². The predicted octanol–water partition coefficient (Wildman–Crippen LogP) is 5.41. The fraction of sp³-hybridized carbons (Fsp3) is 0.233. The normalized spacial score (nSPS) is 15.0. The van der Waals surface area contributed by atoms with Gasteiger partial charge < -0.3 is 13.9 Å². The average molecular weight is 608 g/mol. The van der Waals surface area contributed by atoms with Gasteiger partial charge in [0.25, 0.3) is 11.2 Å². The Bertz CT molecular complexity index is 1900. The Hall–Kier alpha value is -4.48. The molecule has 0 bridgehead atoms. The van der Waals surface area contributed by atoms with Crippen LogP contribution in [0.4, 0.5) is 5.69 Å². The fourth-order valence-corrected chi connectivity index (χ4v) is 5.91. The number of carbonyl (C=O) groups is 1. The van der Waals surface area contributed by atoms with Gasteiger partial charge in [-0.05, 0) is 63.6 Å². The maximum atomic E-state index is 13.9. The Morgan fingerprint density at radius 3 is 2.60 bits per heavy atom. The number of fused-ring (bicyclic) bond motifs is 1. The fourth-order valence-electron chi connectivity index (χ4n) is 4.61. The molecule has 0 amide bonds. The molecule has 42 heavy (non-hydrogen) atoms. The third-order valence-electron chi connectivity index (χ3n) is 6.42.